The van der Waals surface area contributed by atoms with Gasteiger partial charge in [0.05, 0.1) is 0 Å². The van der Waals surface area contributed by atoms with Crippen molar-refractivity contribution in [2.75, 3.05) is 6.54 Å². The van der Waals surface area contributed by atoms with Crippen LogP contribution in [0.3, 0.4) is 0 Å². The minimum absolute atomic E-state index is 0.517. The zero-order chi connectivity index (χ0) is 15.6. The second-order valence-electron chi connectivity index (χ2n) is 8.34. The molecule has 0 heterocycles. The average molecular weight is 296 g/mol. The van der Waals surface area contributed by atoms with Gasteiger partial charge in [-0.05, 0) is 50.0 Å². The van der Waals surface area contributed by atoms with E-state index in [4.69, 9.17) is 0 Å². The van der Waals surface area contributed by atoms with Crippen molar-refractivity contribution in [2.24, 2.45) is 11.3 Å². The van der Waals surface area contributed by atoms with Crippen LogP contribution in [-0.2, 0) is 0 Å². The fourth-order valence-corrected chi connectivity index (χ4v) is 3.73. The van der Waals surface area contributed by atoms with Crippen molar-refractivity contribution >= 4 is 0 Å². The predicted molar refractivity (Wildman–Crippen MR) is 95.8 cm³/mol. The standard InChI is InChI=1S/C20H41N/c1-5-6-7-8-9-10-11-12-17-21-19-15-13-18(14-16-19)20(2,3)4/h18-19,21H,5-17H2,1-4H3. The maximum atomic E-state index is 3.80. The van der Waals surface area contributed by atoms with Gasteiger partial charge in [0, 0.05) is 6.04 Å². The van der Waals surface area contributed by atoms with Crippen molar-refractivity contribution in [1.82, 2.24) is 5.32 Å². The highest BCUT2D eigenvalue weighted by Gasteiger charge is 2.29. The van der Waals surface area contributed by atoms with Gasteiger partial charge in [0.25, 0.3) is 0 Å². The first-order valence-corrected chi connectivity index (χ1v) is 9.77. The van der Waals surface area contributed by atoms with Crippen LogP contribution in [0.1, 0.15) is 105 Å². The van der Waals surface area contributed by atoms with E-state index in [9.17, 15) is 0 Å². The molecule has 0 unspecified atom stereocenters. The molecule has 1 heteroatoms. The SMILES string of the molecule is CCCCCCCCCCNC1CCC(C(C)(C)C)CC1. The summed E-state index contributed by atoms with van der Waals surface area (Å²) < 4.78 is 0. The second kappa shape index (κ2) is 10.6. The zero-order valence-electron chi connectivity index (χ0n) is 15.3. The minimum atomic E-state index is 0.517. The molecule has 1 rings (SSSR count). The molecule has 0 spiro atoms. The van der Waals surface area contributed by atoms with Crippen molar-refractivity contribution in [1.29, 1.82) is 0 Å². The monoisotopic (exact) mass is 295 g/mol. The molecule has 1 saturated carbocycles. The van der Waals surface area contributed by atoms with E-state index in [0.29, 0.717) is 5.41 Å². The van der Waals surface area contributed by atoms with Crippen LogP contribution in [0.5, 0.6) is 0 Å². The normalized spacial score (nSPS) is 23.4. The molecule has 21 heavy (non-hydrogen) atoms. The summed E-state index contributed by atoms with van der Waals surface area (Å²) in [5.41, 5.74) is 0.517. The van der Waals surface area contributed by atoms with Crippen LogP contribution < -0.4 is 5.32 Å². The summed E-state index contributed by atoms with van der Waals surface area (Å²) in [4.78, 5) is 0. The Bertz CT molecular complexity index is 233. The summed E-state index contributed by atoms with van der Waals surface area (Å²) >= 11 is 0. The van der Waals surface area contributed by atoms with E-state index in [1.807, 2.05) is 0 Å². The summed E-state index contributed by atoms with van der Waals surface area (Å²) in [6, 6.07) is 0.813. The highest BCUT2D eigenvalue weighted by molar-refractivity contribution is 4.83. The molecule has 1 fully saturated rings. The van der Waals surface area contributed by atoms with Gasteiger partial charge in [0.2, 0.25) is 0 Å². The van der Waals surface area contributed by atoms with Crippen molar-refractivity contribution in [3.05, 3.63) is 0 Å². The zero-order valence-corrected chi connectivity index (χ0v) is 15.3. The van der Waals surface area contributed by atoms with E-state index in [1.54, 1.807) is 0 Å². The smallest absolute Gasteiger partial charge is 0.00672 e. The lowest BCUT2D eigenvalue weighted by Crippen LogP contribution is -2.36. The molecule has 126 valence electrons. The summed E-state index contributed by atoms with van der Waals surface area (Å²) in [7, 11) is 0. The van der Waals surface area contributed by atoms with Gasteiger partial charge >= 0.3 is 0 Å². The van der Waals surface area contributed by atoms with Crippen molar-refractivity contribution in [3.63, 3.8) is 0 Å². The third-order valence-corrected chi connectivity index (χ3v) is 5.42. The number of nitrogens with one attached hydrogen (secondary N) is 1. The molecule has 1 N–H and O–H groups in total. The average Bonchev–Trinajstić information content (AvgIpc) is 2.45. The highest BCUT2D eigenvalue weighted by Crippen LogP contribution is 2.37. The lowest BCUT2D eigenvalue weighted by Gasteiger charge is -2.37. The van der Waals surface area contributed by atoms with Crippen molar-refractivity contribution in [2.45, 2.75) is 111 Å². The van der Waals surface area contributed by atoms with Crippen LogP contribution in [0.15, 0.2) is 0 Å². The van der Waals surface area contributed by atoms with Gasteiger partial charge in [-0.25, -0.2) is 0 Å². The van der Waals surface area contributed by atoms with E-state index in [2.05, 4.69) is 33.0 Å². The van der Waals surface area contributed by atoms with Crippen molar-refractivity contribution < 1.29 is 0 Å². The van der Waals surface area contributed by atoms with Crippen LogP contribution in [-0.4, -0.2) is 12.6 Å². The van der Waals surface area contributed by atoms with Crippen LogP contribution >= 0.6 is 0 Å². The molecule has 0 aromatic rings. The first-order chi connectivity index (χ1) is 10.0. The first-order valence-electron chi connectivity index (χ1n) is 9.77. The van der Waals surface area contributed by atoms with Gasteiger partial charge in [-0.1, -0.05) is 72.6 Å². The van der Waals surface area contributed by atoms with E-state index in [1.165, 1.54) is 83.6 Å². The minimum Gasteiger partial charge on any atom is -0.314 e. The molecule has 0 atom stereocenters. The molecule has 1 aliphatic rings. The predicted octanol–water partition coefficient (Wildman–Crippen LogP) is 6.32. The Morgan fingerprint density at radius 2 is 1.29 bits per heavy atom. The summed E-state index contributed by atoms with van der Waals surface area (Å²) in [6.07, 6.45) is 17.1. The van der Waals surface area contributed by atoms with Gasteiger partial charge in [0.15, 0.2) is 0 Å². The summed E-state index contributed by atoms with van der Waals surface area (Å²) in [6.45, 7) is 10.8. The lowest BCUT2D eigenvalue weighted by atomic mass is 9.71. The maximum absolute atomic E-state index is 3.80. The van der Waals surface area contributed by atoms with Gasteiger partial charge in [-0.15, -0.1) is 0 Å². The molecule has 0 radical (unpaired) electrons. The highest BCUT2D eigenvalue weighted by atomic mass is 14.9. The van der Waals surface area contributed by atoms with Gasteiger partial charge < -0.3 is 5.32 Å². The summed E-state index contributed by atoms with van der Waals surface area (Å²) in [5, 5.41) is 3.80. The Balaban J connectivity index is 1.91. The topological polar surface area (TPSA) is 12.0 Å². The van der Waals surface area contributed by atoms with E-state index in [0.717, 1.165) is 12.0 Å². The van der Waals surface area contributed by atoms with Crippen LogP contribution in [0, 0.1) is 11.3 Å². The van der Waals surface area contributed by atoms with Crippen LogP contribution in [0.25, 0.3) is 0 Å². The third kappa shape index (κ3) is 8.86. The lowest BCUT2D eigenvalue weighted by molar-refractivity contribution is 0.160. The largest absolute Gasteiger partial charge is 0.314 e. The Hall–Kier alpha value is -0.0400. The molecule has 0 amide bonds. The van der Waals surface area contributed by atoms with Crippen molar-refractivity contribution in [3.8, 4) is 0 Å². The molecule has 0 aliphatic heterocycles. The first kappa shape index (κ1) is 19.0. The number of hydrogen-bond donors (Lipinski definition) is 1. The Labute approximate surface area is 134 Å². The fraction of sp³-hybridized carbons (Fsp3) is 1.00. The van der Waals surface area contributed by atoms with E-state index < -0.39 is 0 Å². The number of unbranched alkanes of at least 4 members (excludes halogenated alkanes) is 7. The van der Waals surface area contributed by atoms with Gasteiger partial charge in [-0.3, -0.25) is 0 Å². The maximum Gasteiger partial charge on any atom is 0.00672 e. The molecule has 0 aromatic heterocycles. The molecule has 0 saturated heterocycles. The number of rotatable bonds is 10. The van der Waals surface area contributed by atoms with Crippen LogP contribution in [0.2, 0.25) is 0 Å². The quantitative estimate of drug-likeness (QED) is 0.465. The second-order valence-corrected chi connectivity index (χ2v) is 8.34. The van der Waals surface area contributed by atoms with Gasteiger partial charge in [-0.2, -0.15) is 0 Å². The molecule has 1 aliphatic carbocycles. The van der Waals surface area contributed by atoms with Crippen LogP contribution in [0.4, 0.5) is 0 Å². The molecule has 1 nitrogen and oxygen atoms in total. The molecule has 0 aromatic carbocycles. The van der Waals surface area contributed by atoms with E-state index >= 15 is 0 Å². The third-order valence-electron chi connectivity index (χ3n) is 5.42. The fourth-order valence-electron chi connectivity index (χ4n) is 3.73. The number of hydrogen-bond acceptors (Lipinski definition) is 1. The van der Waals surface area contributed by atoms with Gasteiger partial charge in [0.1, 0.15) is 0 Å². The Morgan fingerprint density at radius 1 is 0.762 bits per heavy atom. The molecular formula is C20H41N. The molecule has 0 bridgehead atoms. The Morgan fingerprint density at radius 3 is 1.81 bits per heavy atom. The molecular weight excluding hydrogens is 254 g/mol. The Kier molecular flexibility index (Phi) is 9.64. The summed E-state index contributed by atoms with van der Waals surface area (Å²) in [5.74, 6) is 0.943. The van der Waals surface area contributed by atoms with E-state index in [-0.39, 0.29) is 0 Å².